The van der Waals surface area contributed by atoms with Gasteiger partial charge in [-0.3, -0.25) is 9.89 Å². The molecule has 0 aliphatic rings. The van der Waals surface area contributed by atoms with Gasteiger partial charge in [-0.15, -0.1) is 0 Å². The first-order valence-electron chi connectivity index (χ1n) is 9.52. The van der Waals surface area contributed by atoms with Crippen LogP contribution in [-0.2, 0) is 6.61 Å². The number of amides is 1. The van der Waals surface area contributed by atoms with Crippen molar-refractivity contribution in [3.8, 4) is 17.5 Å². The van der Waals surface area contributed by atoms with Crippen molar-refractivity contribution in [2.24, 2.45) is 0 Å². The average Bonchev–Trinajstić information content (AvgIpc) is 3.28. The number of benzene rings is 1. The molecule has 10 heteroatoms. The van der Waals surface area contributed by atoms with Crippen LogP contribution in [0, 0.1) is 25.2 Å². The zero-order valence-electron chi connectivity index (χ0n) is 17.7. The lowest BCUT2D eigenvalue weighted by Gasteiger charge is -2.17. The van der Waals surface area contributed by atoms with E-state index >= 15 is 0 Å². The Morgan fingerprint density at radius 1 is 1.42 bits per heavy atom. The second-order valence-electron chi connectivity index (χ2n) is 7.74. The number of rotatable bonds is 7. The molecule has 0 bridgehead atoms. The molecule has 0 radical (unpaired) electrons. The van der Waals surface area contributed by atoms with Crippen LogP contribution in [0.4, 0.5) is 0 Å². The Kier molecular flexibility index (Phi) is 6.34. The van der Waals surface area contributed by atoms with E-state index in [4.69, 9.17) is 21.6 Å². The minimum Gasteiger partial charge on any atom is -0.485 e. The quantitative estimate of drug-likeness (QED) is 0.516. The summed E-state index contributed by atoms with van der Waals surface area (Å²) in [5.41, 5.74) is 2.31. The first-order chi connectivity index (χ1) is 14.6. The van der Waals surface area contributed by atoms with Crippen molar-refractivity contribution in [3.05, 3.63) is 57.6 Å². The number of aliphatic hydroxyl groups is 1. The number of aromatic nitrogens is 4. The minimum atomic E-state index is -1.02. The minimum absolute atomic E-state index is 0.100. The van der Waals surface area contributed by atoms with E-state index in [1.807, 2.05) is 19.9 Å². The summed E-state index contributed by atoms with van der Waals surface area (Å²) < 4.78 is 7.65. The maximum absolute atomic E-state index is 12.4. The van der Waals surface area contributed by atoms with Crippen molar-refractivity contribution in [1.29, 1.82) is 5.26 Å². The average molecular weight is 443 g/mol. The van der Waals surface area contributed by atoms with Crippen molar-refractivity contribution >= 4 is 17.5 Å². The van der Waals surface area contributed by atoms with Gasteiger partial charge in [-0.25, -0.2) is 4.68 Å². The molecule has 0 saturated heterocycles. The van der Waals surface area contributed by atoms with Gasteiger partial charge in [0.25, 0.3) is 5.91 Å². The van der Waals surface area contributed by atoms with Crippen LogP contribution in [0.3, 0.4) is 0 Å². The number of nitrogens with zero attached hydrogens (tertiary/aromatic N) is 4. The van der Waals surface area contributed by atoms with E-state index < -0.39 is 5.60 Å². The summed E-state index contributed by atoms with van der Waals surface area (Å²) in [6.45, 7) is 7.08. The molecule has 0 spiro atoms. The Hall–Kier alpha value is -3.35. The smallest absolute Gasteiger partial charge is 0.269 e. The molecule has 2 heterocycles. The number of aromatic amines is 1. The number of hydrogen-bond donors (Lipinski definition) is 3. The highest BCUT2D eigenvalue weighted by Gasteiger charge is 2.20. The fraction of sp³-hybridized carbons (Fsp3) is 0.333. The largest absolute Gasteiger partial charge is 0.485 e. The van der Waals surface area contributed by atoms with E-state index in [0.29, 0.717) is 33.3 Å². The van der Waals surface area contributed by atoms with E-state index in [-0.39, 0.29) is 24.8 Å². The SMILES string of the molecule is Cc1nn(-c2ccc(C#N)c(Cl)c2)c(C)c1OCc1cn[nH]c1C(=O)NCC(C)(C)O. The summed E-state index contributed by atoms with van der Waals surface area (Å²) in [6, 6.07) is 7.10. The summed E-state index contributed by atoms with van der Waals surface area (Å²) in [7, 11) is 0. The van der Waals surface area contributed by atoms with E-state index in [1.54, 1.807) is 36.7 Å². The van der Waals surface area contributed by atoms with Crippen LogP contribution in [0.2, 0.25) is 5.02 Å². The Labute approximate surface area is 184 Å². The van der Waals surface area contributed by atoms with Gasteiger partial charge >= 0.3 is 0 Å². The lowest BCUT2D eigenvalue weighted by Crippen LogP contribution is -2.38. The fourth-order valence-corrected chi connectivity index (χ4v) is 3.18. The van der Waals surface area contributed by atoms with E-state index in [9.17, 15) is 9.90 Å². The number of H-pyrrole nitrogens is 1. The summed E-state index contributed by atoms with van der Waals surface area (Å²) in [6.07, 6.45) is 1.52. The van der Waals surface area contributed by atoms with Gasteiger partial charge in [0, 0.05) is 12.1 Å². The predicted octanol–water partition coefficient (Wildman–Crippen LogP) is 2.82. The number of carbonyl (C=O) groups is 1. The summed E-state index contributed by atoms with van der Waals surface area (Å²) in [5, 5.41) is 33.0. The standard InChI is InChI=1S/C21H23ClN6O3/c1-12-19(13(2)28(27-12)16-6-5-14(8-23)17(22)7-16)31-10-15-9-25-26-18(15)20(29)24-11-21(3,4)30/h5-7,9,30H,10-11H2,1-4H3,(H,24,29)(H,25,26). The van der Waals surface area contributed by atoms with Crippen LogP contribution in [0.1, 0.15) is 46.9 Å². The van der Waals surface area contributed by atoms with Gasteiger partial charge in [-0.05, 0) is 45.9 Å². The molecule has 0 unspecified atom stereocenters. The van der Waals surface area contributed by atoms with Gasteiger partial charge in [0.05, 0.1) is 33.8 Å². The summed E-state index contributed by atoms with van der Waals surface area (Å²) >= 11 is 6.15. The molecule has 0 aliphatic carbocycles. The molecule has 31 heavy (non-hydrogen) atoms. The molecular formula is C21H23ClN6O3. The molecule has 3 rings (SSSR count). The number of ether oxygens (including phenoxy) is 1. The fourth-order valence-electron chi connectivity index (χ4n) is 2.97. The molecule has 0 fully saturated rings. The van der Waals surface area contributed by atoms with Crippen molar-refractivity contribution in [2.75, 3.05) is 6.54 Å². The Morgan fingerprint density at radius 2 is 2.16 bits per heavy atom. The van der Waals surface area contributed by atoms with Crippen LogP contribution in [0.15, 0.2) is 24.4 Å². The zero-order valence-corrected chi connectivity index (χ0v) is 18.4. The van der Waals surface area contributed by atoms with Crippen molar-refractivity contribution in [2.45, 2.75) is 39.9 Å². The monoisotopic (exact) mass is 442 g/mol. The van der Waals surface area contributed by atoms with Gasteiger partial charge in [-0.2, -0.15) is 15.5 Å². The van der Waals surface area contributed by atoms with Gasteiger partial charge in [0.2, 0.25) is 0 Å². The Bertz CT molecular complexity index is 1150. The lowest BCUT2D eigenvalue weighted by molar-refractivity contribution is 0.0690. The van der Waals surface area contributed by atoms with Crippen LogP contribution >= 0.6 is 11.6 Å². The maximum atomic E-state index is 12.4. The molecule has 1 amide bonds. The first-order valence-corrected chi connectivity index (χ1v) is 9.90. The van der Waals surface area contributed by atoms with Crippen molar-refractivity contribution < 1.29 is 14.6 Å². The zero-order chi connectivity index (χ0) is 22.8. The molecule has 2 aromatic heterocycles. The summed E-state index contributed by atoms with van der Waals surface area (Å²) in [5.74, 6) is 0.194. The third-order valence-electron chi connectivity index (χ3n) is 4.54. The van der Waals surface area contributed by atoms with Crippen molar-refractivity contribution in [3.63, 3.8) is 0 Å². The van der Waals surface area contributed by atoms with Crippen LogP contribution < -0.4 is 10.1 Å². The topological polar surface area (TPSA) is 129 Å². The highest BCUT2D eigenvalue weighted by atomic mass is 35.5. The molecular weight excluding hydrogens is 420 g/mol. The highest BCUT2D eigenvalue weighted by Crippen LogP contribution is 2.28. The van der Waals surface area contributed by atoms with Gasteiger partial charge in [0.15, 0.2) is 5.75 Å². The maximum Gasteiger partial charge on any atom is 0.269 e. The molecule has 3 aromatic rings. The normalized spacial score (nSPS) is 11.3. The molecule has 0 saturated carbocycles. The van der Waals surface area contributed by atoms with E-state index in [1.165, 1.54) is 6.20 Å². The molecule has 0 atom stereocenters. The molecule has 0 aliphatic heterocycles. The second-order valence-corrected chi connectivity index (χ2v) is 8.15. The van der Waals surface area contributed by atoms with Gasteiger partial charge < -0.3 is 15.2 Å². The second kappa shape index (κ2) is 8.79. The van der Waals surface area contributed by atoms with Gasteiger partial charge in [0.1, 0.15) is 24.1 Å². The Balaban J connectivity index is 1.77. The van der Waals surface area contributed by atoms with Crippen LogP contribution in [-0.4, -0.2) is 43.1 Å². The summed E-state index contributed by atoms with van der Waals surface area (Å²) in [4.78, 5) is 12.4. The number of nitrogens with one attached hydrogen (secondary N) is 2. The third-order valence-corrected chi connectivity index (χ3v) is 4.85. The predicted molar refractivity (Wildman–Crippen MR) is 114 cm³/mol. The van der Waals surface area contributed by atoms with E-state index in [0.717, 1.165) is 5.69 Å². The molecule has 9 nitrogen and oxygen atoms in total. The molecule has 3 N–H and O–H groups in total. The van der Waals surface area contributed by atoms with Gasteiger partial charge in [-0.1, -0.05) is 11.6 Å². The Morgan fingerprint density at radius 3 is 2.81 bits per heavy atom. The first kappa shape index (κ1) is 22.3. The van der Waals surface area contributed by atoms with E-state index in [2.05, 4.69) is 20.6 Å². The third kappa shape index (κ3) is 5.05. The number of carbonyl (C=O) groups excluding carboxylic acids is 1. The van der Waals surface area contributed by atoms with Crippen LogP contribution in [0.25, 0.3) is 5.69 Å². The highest BCUT2D eigenvalue weighted by molar-refractivity contribution is 6.31. The number of hydrogen-bond acceptors (Lipinski definition) is 6. The number of aryl methyl sites for hydroxylation is 1. The molecule has 1 aromatic carbocycles. The molecule has 162 valence electrons. The number of nitriles is 1. The van der Waals surface area contributed by atoms with Crippen LogP contribution in [0.5, 0.6) is 5.75 Å². The van der Waals surface area contributed by atoms with Crippen molar-refractivity contribution in [1.82, 2.24) is 25.3 Å². The number of halogens is 1. The lowest BCUT2D eigenvalue weighted by atomic mass is 10.1.